The van der Waals surface area contributed by atoms with Gasteiger partial charge in [0.05, 0.1) is 25.4 Å². The molecule has 1 N–H and O–H groups in total. The van der Waals surface area contributed by atoms with Gasteiger partial charge >= 0.3 is 0 Å². The number of amides is 1. The van der Waals surface area contributed by atoms with Gasteiger partial charge in [-0.25, -0.2) is 4.39 Å². The number of nitrogens with one attached hydrogen (secondary N) is 1. The van der Waals surface area contributed by atoms with Crippen molar-refractivity contribution in [3.8, 4) is 0 Å². The Balaban J connectivity index is 1.57. The fraction of sp³-hybridized carbons (Fsp3) is 0.562. The Morgan fingerprint density at radius 1 is 1.18 bits per heavy atom. The van der Waals surface area contributed by atoms with Crippen LogP contribution in [0.25, 0.3) is 0 Å². The fourth-order valence-corrected chi connectivity index (χ4v) is 2.96. The standard InChI is InChI=1S/C16H22FN3O2/c17-14-11-13(3-4-15(14)20-5-1-2-6-20)18-16(21)12-19-7-9-22-10-8-19/h3-4,11H,1-2,5-10,12H2,(H,18,21). The molecule has 0 spiro atoms. The molecule has 0 unspecified atom stereocenters. The normalized spacial score (nSPS) is 19.4. The zero-order valence-electron chi connectivity index (χ0n) is 12.7. The Hall–Kier alpha value is -1.66. The van der Waals surface area contributed by atoms with Crippen LogP contribution in [-0.4, -0.2) is 56.7 Å². The summed E-state index contributed by atoms with van der Waals surface area (Å²) in [6.07, 6.45) is 2.22. The van der Waals surface area contributed by atoms with Gasteiger partial charge in [0.1, 0.15) is 5.82 Å². The van der Waals surface area contributed by atoms with Gasteiger partial charge < -0.3 is 15.0 Å². The lowest BCUT2D eigenvalue weighted by atomic mass is 10.2. The van der Waals surface area contributed by atoms with E-state index >= 15 is 0 Å². The van der Waals surface area contributed by atoms with E-state index in [4.69, 9.17) is 4.74 Å². The van der Waals surface area contributed by atoms with Crippen molar-refractivity contribution in [2.75, 3.05) is 56.2 Å². The van der Waals surface area contributed by atoms with Crippen molar-refractivity contribution in [1.82, 2.24) is 4.90 Å². The van der Waals surface area contributed by atoms with Crippen LogP contribution in [0.2, 0.25) is 0 Å². The molecule has 1 amide bonds. The zero-order valence-corrected chi connectivity index (χ0v) is 12.7. The molecule has 0 atom stereocenters. The van der Waals surface area contributed by atoms with E-state index in [1.165, 1.54) is 6.07 Å². The second kappa shape index (κ2) is 7.07. The molecule has 5 nitrogen and oxygen atoms in total. The number of hydrogen-bond acceptors (Lipinski definition) is 4. The first-order valence-corrected chi connectivity index (χ1v) is 7.87. The molecule has 2 saturated heterocycles. The SMILES string of the molecule is O=C(CN1CCOCC1)Nc1ccc(N2CCCC2)c(F)c1. The third kappa shape index (κ3) is 3.75. The zero-order chi connectivity index (χ0) is 15.4. The van der Waals surface area contributed by atoms with Crippen LogP contribution in [0.15, 0.2) is 18.2 Å². The summed E-state index contributed by atoms with van der Waals surface area (Å²) in [6, 6.07) is 4.93. The van der Waals surface area contributed by atoms with Crippen molar-refractivity contribution in [3.05, 3.63) is 24.0 Å². The first kappa shape index (κ1) is 15.2. The molecule has 0 bridgehead atoms. The maximum atomic E-state index is 14.2. The number of carbonyl (C=O) groups is 1. The molecule has 22 heavy (non-hydrogen) atoms. The van der Waals surface area contributed by atoms with Gasteiger partial charge in [0.2, 0.25) is 5.91 Å². The Morgan fingerprint density at radius 3 is 2.59 bits per heavy atom. The van der Waals surface area contributed by atoms with Gasteiger partial charge in [-0.3, -0.25) is 9.69 Å². The highest BCUT2D eigenvalue weighted by Gasteiger charge is 2.17. The van der Waals surface area contributed by atoms with Gasteiger partial charge in [-0.2, -0.15) is 0 Å². The number of rotatable bonds is 4. The third-order valence-corrected chi connectivity index (χ3v) is 4.15. The van der Waals surface area contributed by atoms with E-state index in [1.807, 2.05) is 4.90 Å². The number of anilines is 2. The fourth-order valence-electron chi connectivity index (χ4n) is 2.96. The van der Waals surface area contributed by atoms with Gasteiger partial charge in [0.15, 0.2) is 0 Å². The highest BCUT2D eigenvalue weighted by atomic mass is 19.1. The minimum absolute atomic E-state index is 0.116. The van der Waals surface area contributed by atoms with E-state index in [0.717, 1.165) is 39.0 Å². The Labute approximate surface area is 130 Å². The van der Waals surface area contributed by atoms with Crippen LogP contribution in [0.1, 0.15) is 12.8 Å². The highest BCUT2D eigenvalue weighted by Crippen LogP contribution is 2.26. The lowest BCUT2D eigenvalue weighted by Gasteiger charge is -2.25. The lowest BCUT2D eigenvalue weighted by Crippen LogP contribution is -2.41. The molecular formula is C16H22FN3O2. The maximum Gasteiger partial charge on any atom is 0.238 e. The largest absolute Gasteiger partial charge is 0.379 e. The van der Waals surface area contributed by atoms with Crippen molar-refractivity contribution in [1.29, 1.82) is 0 Å². The monoisotopic (exact) mass is 307 g/mol. The van der Waals surface area contributed by atoms with E-state index < -0.39 is 0 Å². The van der Waals surface area contributed by atoms with E-state index in [9.17, 15) is 9.18 Å². The first-order valence-electron chi connectivity index (χ1n) is 7.87. The van der Waals surface area contributed by atoms with Gasteiger partial charge in [-0.1, -0.05) is 0 Å². The molecule has 0 aromatic heterocycles. The second-order valence-electron chi connectivity index (χ2n) is 5.80. The molecule has 0 radical (unpaired) electrons. The molecule has 0 aliphatic carbocycles. The molecule has 0 saturated carbocycles. The lowest BCUT2D eigenvalue weighted by molar-refractivity contribution is -0.118. The predicted octanol–water partition coefficient (Wildman–Crippen LogP) is 1.70. The van der Waals surface area contributed by atoms with Crippen molar-refractivity contribution >= 4 is 17.3 Å². The number of carbonyl (C=O) groups excluding carboxylic acids is 1. The van der Waals surface area contributed by atoms with Crippen molar-refractivity contribution in [2.24, 2.45) is 0 Å². The molecule has 2 heterocycles. The number of ether oxygens (including phenoxy) is 1. The summed E-state index contributed by atoms with van der Waals surface area (Å²) in [5.74, 6) is -0.388. The number of hydrogen-bond donors (Lipinski definition) is 1. The summed E-state index contributed by atoms with van der Waals surface area (Å²) in [6.45, 7) is 4.96. The summed E-state index contributed by atoms with van der Waals surface area (Å²) < 4.78 is 19.4. The van der Waals surface area contributed by atoms with E-state index in [0.29, 0.717) is 31.1 Å². The van der Waals surface area contributed by atoms with E-state index in [-0.39, 0.29) is 11.7 Å². The number of benzene rings is 1. The molecule has 2 aliphatic rings. The van der Waals surface area contributed by atoms with Crippen LogP contribution >= 0.6 is 0 Å². The average Bonchev–Trinajstić information content (AvgIpc) is 3.02. The molecule has 2 aliphatic heterocycles. The first-order chi connectivity index (χ1) is 10.7. The van der Waals surface area contributed by atoms with Crippen LogP contribution in [0, 0.1) is 5.82 Å². The molecule has 3 rings (SSSR count). The Morgan fingerprint density at radius 2 is 1.91 bits per heavy atom. The third-order valence-electron chi connectivity index (χ3n) is 4.15. The molecule has 6 heteroatoms. The minimum atomic E-state index is -0.272. The Kier molecular flexibility index (Phi) is 4.90. The highest BCUT2D eigenvalue weighted by molar-refractivity contribution is 5.92. The molecule has 2 fully saturated rings. The van der Waals surface area contributed by atoms with Crippen LogP contribution in [0.5, 0.6) is 0 Å². The summed E-state index contributed by atoms with van der Waals surface area (Å²) in [4.78, 5) is 16.1. The smallest absolute Gasteiger partial charge is 0.238 e. The number of nitrogens with zero attached hydrogens (tertiary/aromatic N) is 2. The van der Waals surface area contributed by atoms with Crippen molar-refractivity contribution < 1.29 is 13.9 Å². The molecule has 120 valence electrons. The van der Waals surface area contributed by atoms with E-state index in [1.54, 1.807) is 12.1 Å². The van der Waals surface area contributed by atoms with Crippen molar-refractivity contribution in [2.45, 2.75) is 12.8 Å². The van der Waals surface area contributed by atoms with Crippen LogP contribution in [0.3, 0.4) is 0 Å². The quantitative estimate of drug-likeness (QED) is 0.919. The van der Waals surface area contributed by atoms with E-state index in [2.05, 4.69) is 10.2 Å². The average molecular weight is 307 g/mol. The summed E-state index contributed by atoms with van der Waals surface area (Å²) in [5.41, 5.74) is 1.14. The van der Waals surface area contributed by atoms with Gasteiger partial charge in [0.25, 0.3) is 0 Å². The summed E-state index contributed by atoms with van der Waals surface area (Å²) in [5, 5.41) is 2.77. The second-order valence-corrected chi connectivity index (χ2v) is 5.80. The number of morpholine rings is 1. The molecular weight excluding hydrogens is 285 g/mol. The molecule has 1 aromatic carbocycles. The van der Waals surface area contributed by atoms with Gasteiger partial charge in [-0.15, -0.1) is 0 Å². The molecule has 1 aromatic rings. The number of halogens is 1. The summed E-state index contributed by atoms with van der Waals surface area (Å²) in [7, 11) is 0. The maximum absolute atomic E-state index is 14.2. The van der Waals surface area contributed by atoms with Crippen LogP contribution in [0.4, 0.5) is 15.8 Å². The van der Waals surface area contributed by atoms with Crippen LogP contribution in [-0.2, 0) is 9.53 Å². The Bertz CT molecular complexity index is 526. The van der Waals surface area contributed by atoms with Crippen LogP contribution < -0.4 is 10.2 Å². The summed E-state index contributed by atoms with van der Waals surface area (Å²) >= 11 is 0. The van der Waals surface area contributed by atoms with Crippen molar-refractivity contribution in [3.63, 3.8) is 0 Å². The topological polar surface area (TPSA) is 44.8 Å². The minimum Gasteiger partial charge on any atom is -0.379 e. The predicted molar refractivity (Wildman–Crippen MR) is 83.7 cm³/mol. The van der Waals surface area contributed by atoms with Gasteiger partial charge in [-0.05, 0) is 31.0 Å². The van der Waals surface area contributed by atoms with Gasteiger partial charge in [0, 0.05) is 31.9 Å².